The Labute approximate surface area is 182 Å². The molecular formula is C27H16N4O. The summed E-state index contributed by atoms with van der Waals surface area (Å²) in [7, 11) is 0. The smallest absolute Gasteiger partial charge is 0.139 e. The van der Waals surface area contributed by atoms with Gasteiger partial charge in [-0.2, -0.15) is 0 Å². The second-order valence-electron chi connectivity index (χ2n) is 7.79. The van der Waals surface area contributed by atoms with E-state index in [0.29, 0.717) is 0 Å². The van der Waals surface area contributed by atoms with Crippen molar-refractivity contribution in [1.29, 1.82) is 0 Å². The molecular weight excluding hydrogens is 396 g/mol. The van der Waals surface area contributed by atoms with Crippen molar-refractivity contribution >= 4 is 43.9 Å². The summed E-state index contributed by atoms with van der Waals surface area (Å²) in [6.45, 7) is 0. The first-order chi connectivity index (χ1) is 15.9. The first-order valence-electron chi connectivity index (χ1n) is 10.4. The van der Waals surface area contributed by atoms with Gasteiger partial charge in [0.15, 0.2) is 0 Å². The van der Waals surface area contributed by atoms with Crippen molar-refractivity contribution in [3.8, 4) is 16.9 Å². The quantitative estimate of drug-likeness (QED) is 0.324. The van der Waals surface area contributed by atoms with Gasteiger partial charge in [0, 0.05) is 28.2 Å². The number of fused-ring (bicyclic) bond motifs is 6. The van der Waals surface area contributed by atoms with Gasteiger partial charge in [0.1, 0.15) is 17.5 Å². The average Bonchev–Trinajstić information content (AvgIpc) is 3.40. The van der Waals surface area contributed by atoms with Crippen LogP contribution in [0, 0.1) is 0 Å². The second-order valence-corrected chi connectivity index (χ2v) is 7.79. The average molecular weight is 412 g/mol. The molecule has 32 heavy (non-hydrogen) atoms. The van der Waals surface area contributed by atoms with E-state index in [1.165, 1.54) is 0 Å². The molecule has 0 amide bonds. The third-order valence-corrected chi connectivity index (χ3v) is 6.00. The maximum atomic E-state index is 6.19. The number of aromatic nitrogens is 4. The van der Waals surface area contributed by atoms with Crippen molar-refractivity contribution in [2.45, 2.75) is 0 Å². The molecule has 0 N–H and O–H groups in total. The Balaban J connectivity index is 1.58. The predicted molar refractivity (Wildman–Crippen MR) is 127 cm³/mol. The third kappa shape index (κ3) is 2.36. The Morgan fingerprint density at radius 2 is 1.59 bits per heavy atom. The zero-order chi connectivity index (χ0) is 21.1. The van der Waals surface area contributed by atoms with Crippen LogP contribution in [0.4, 0.5) is 0 Å². The highest BCUT2D eigenvalue weighted by molar-refractivity contribution is 6.12. The fourth-order valence-corrected chi connectivity index (χ4v) is 4.63. The van der Waals surface area contributed by atoms with Gasteiger partial charge < -0.3 is 8.98 Å². The largest absolute Gasteiger partial charge is 0.456 e. The van der Waals surface area contributed by atoms with Crippen molar-refractivity contribution in [3.63, 3.8) is 0 Å². The first-order valence-corrected chi connectivity index (χ1v) is 10.4. The molecule has 0 saturated carbocycles. The van der Waals surface area contributed by atoms with E-state index < -0.39 is 0 Å². The van der Waals surface area contributed by atoms with Gasteiger partial charge in [0.2, 0.25) is 0 Å². The Bertz CT molecular complexity index is 1730. The highest BCUT2D eigenvalue weighted by Crippen LogP contribution is 2.37. The molecule has 0 aliphatic rings. The van der Waals surface area contributed by atoms with Gasteiger partial charge in [-0.1, -0.05) is 48.5 Å². The van der Waals surface area contributed by atoms with Crippen molar-refractivity contribution in [1.82, 2.24) is 19.5 Å². The van der Waals surface area contributed by atoms with Crippen molar-refractivity contribution in [2.24, 2.45) is 0 Å². The van der Waals surface area contributed by atoms with Gasteiger partial charge in [-0.3, -0.25) is 4.98 Å². The van der Waals surface area contributed by atoms with Crippen molar-refractivity contribution in [2.75, 3.05) is 0 Å². The maximum absolute atomic E-state index is 6.19. The molecule has 4 aromatic heterocycles. The summed E-state index contributed by atoms with van der Waals surface area (Å²) in [6, 6.07) is 26.8. The van der Waals surface area contributed by atoms with Crippen LogP contribution in [-0.4, -0.2) is 19.5 Å². The SMILES string of the molecule is c1ccc(-c2nccc3oc4ccc(-n5c6ccccc6c6ncncc65)cc4c23)cc1. The van der Waals surface area contributed by atoms with Gasteiger partial charge in [0.05, 0.1) is 33.8 Å². The fourth-order valence-electron chi connectivity index (χ4n) is 4.63. The van der Waals surface area contributed by atoms with E-state index in [0.717, 1.165) is 60.8 Å². The van der Waals surface area contributed by atoms with Crippen molar-refractivity contribution in [3.05, 3.63) is 97.6 Å². The maximum Gasteiger partial charge on any atom is 0.139 e. The van der Waals surface area contributed by atoms with Gasteiger partial charge in [0.25, 0.3) is 0 Å². The van der Waals surface area contributed by atoms with Crippen LogP contribution in [0.2, 0.25) is 0 Å². The zero-order valence-electron chi connectivity index (χ0n) is 16.9. The molecule has 0 bridgehead atoms. The number of furan rings is 1. The minimum absolute atomic E-state index is 0.830. The molecule has 0 atom stereocenters. The number of benzene rings is 3. The molecule has 5 heteroatoms. The summed E-state index contributed by atoms with van der Waals surface area (Å²) in [5.41, 5.74) is 7.70. The van der Waals surface area contributed by atoms with E-state index in [4.69, 9.17) is 9.40 Å². The van der Waals surface area contributed by atoms with Crippen LogP contribution in [0.3, 0.4) is 0 Å². The van der Waals surface area contributed by atoms with Crippen LogP contribution < -0.4 is 0 Å². The molecule has 150 valence electrons. The summed E-state index contributed by atoms with van der Waals surface area (Å²) in [5.74, 6) is 0. The molecule has 3 aromatic carbocycles. The van der Waals surface area contributed by atoms with Gasteiger partial charge >= 0.3 is 0 Å². The third-order valence-electron chi connectivity index (χ3n) is 6.00. The van der Waals surface area contributed by atoms with E-state index >= 15 is 0 Å². The highest BCUT2D eigenvalue weighted by Gasteiger charge is 2.17. The Morgan fingerprint density at radius 3 is 2.53 bits per heavy atom. The number of nitrogens with zero attached hydrogens (tertiary/aromatic N) is 4. The minimum atomic E-state index is 0.830. The first kappa shape index (κ1) is 17.2. The molecule has 7 aromatic rings. The fraction of sp³-hybridized carbons (Fsp3) is 0. The van der Waals surface area contributed by atoms with Crippen LogP contribution in [0.5, 0.6) is 0 Å². The molecule has 4 heterocycles. The van der Waals surface area contributed by atoms with E-state index in [2.05, 4.69) is 50.9 Å². The molecule has 0 radical (unpaired) electrons. The molecule has 0 spiro atoms. The Hall–Kier alpha value is -4.51. The summed E-state index contributed by atoms with van der Waals surface area (Å²) in [4.78, 5) is 13.5. The van der Waals surface area contributed by atoms with Crippen molar-refractivity contribution < 1.29 is 4.42 Å². The van der Waals surface area contributed by atoms with Crippen LogP contribution in [0.25, 0.3) is 60.8 Å². The van der Waals surface area contributed by atoms with Crippen LogP contribution in [-0.2, 0) is 0 Å². The van der Waals surface area contributed by atoms with E-state index in [9.17, 15) is 0 Å². The van der Waals surface area contributed by atoms with Crippen LogP contribution in [0.1, 0.15) is 0 Å². The lowest BCUT2D eigenvalue weighted by atomic mass is 10.0. The topological polar surface area (TPSA) is 56.7 Å². The summed E-state index contributed by atoms with van der Waals surface area (Å²) in [6.07, 6.45) is 5.28. The zero-order valence-corrected chi connectivity index (χ0v) is 16.9. The van der Waals surface area contributed by atoms with Gasteiger partial charge in [-0.05, 0) is 30.3 Å². The molecule has 0 unspecified atom stereocenters. The number of para-hydroxylation sites is 1. The molecule has 0 saturated heterocycles. The van der Waals surface area contributed by atoms with E-state index in [1.807, 2.05) is 48.7 Å². The lowest BCUT2D eigenvalue weighted by molar-refractivity contribution is 0.668. The second kappa shape index (κ2) is 6.49. The highest BCUT2D eigenvalue weighted by atomic mass is 16.3. The molecule has 0 aliphatic carbocycles. The van der Waals surface area contributed by atoms with Gasteiger partial charge in [-0.15, -0.1) is 0 Å². The lowest BCUT2D eigenvalue weighted by Gasteiger charge is -2.08. The Kier molecular flexibility index (Phi) is 3.49. The molecule has 0 aliphatic heterocycles. The van der Waals surface area contributed by atoms with Crippen LogP contribution >= 0.6 is 0 Å². The van der Waals surface area contributed by atoms with Gasteiger partial charge in [-0.25, -0.2) is 9.97 Å². The normalized spacial score (nSPS) is 11.8. The van der Waals surface area contributed by atoms with Crippen LogP contribution in [0.15, 0.2) is 102 Å². The number of pyridine rings is 1. The Morgan fingerprint density at radius 1 is 0.719 bits per heavy atom. The minimum Gasteiger partial charge on any atom is -0.456 e. The summed E-state index contributed by atoms with van der Waals surface area (Å²) < 4.78 is 8.40. The number of hydrogen-bond donors (Lipinski definition) is 0. The monoisotopic (exact) mass is 412 g/mol. The number of rotatable bonds is 2. The molecule has 0 fully saturated rings. The van der Waals surface area contributed by atoms with E-state index in [1.54, 1.807) is 12.5 Å². The number of hydrogen-bond acceptors (Lipinski definition) is 4. The lowest BCUT2D eigenvalue weighted by Crippen LogP contribution is -1.94. The van der Waals surface area contributed by atoms with E-state index in [-0.39, 0.29) is 0 Å². The molecule has 5 nitrogen and oxygen atoms in total. The standard InChI is InChI=1S/C27H16N4O/c1-2-6-17(7-3-1)26-25-20-14-18(10-11-23(20)32-24(25)12-13-29-26)31-21-9-5-4-8-19(21)27-22(31)15-28-16-30-27/h1-16H. The predicted octanol–water partition coefficient (Wildman–Crippen LogP) is 6.54. The summed E-state index contributed by atoms with van der Waals surface area (Å²) in [5, 5.41) is 3.16. The summed E-state index contributed by atoms with van der Waals surface area (Å²) >= 11 is 0. The molecule has 7 rings (SSSR count).